The summed E-state index contributed by atoms with van der Waals surface area (Å²) in [4.78, 5) is 8.95. The maximum Gasteiger partial charge on any atom is 0.158 e. The molecule has 0 fully saturated rings. The highest BCUT2D eigenvalue weighted by Gasteiger charge is 2.25. The molecule has 0 atom stereocenters. The molecule has 0 unspecified atom stereocenters. The lowest BCUT2D eigenvalue weighted by Gasteiger charge is -2.18. The lowest BCUT2D eigenvalue weighted by molar-refractivity contribution is 0.669. The van der Waals surface area contributed by atoms with Crippen LogP contribution in [0, 0.1) is 0 Å². The molecule has 0 N–H and O–H groups in total. The van der Waals surface area contributed by atoms with E-state index in [1.165, 1.54) is 0 Å². The molecule has 2 aromatic carbocycles. The highest BCUT2D eigenvalue weighted by molar-refractivity contribution is 6.05. The van der Waals surface area contributed by atoms with Crippen molar-refractivity contribution in [3.63, 3.8) is 0 Å². The number of hydrogen-bond acceptors (Lipinski definition) is 4. The number of nitrogens with zero attached hydrogens (tertiary/aromatic N) is 3. The second-order valence-electron chi connectivity index (χ2n) is 5.89. The van der Waals surface area contributed by atoms with E-state index < -0.39 is 0 Å². The van der Waals surface area contributed by atoms with Gasteiger partial charge in [-0.1, -0.05) is 18.2 Å². The van der Waals surface area contributed by atoms with Crippen LogP contribution in [0.3, 0.4) is 0 Å². The van der Waals surface area contributed by atoms with Crippen LogP contribution in [0.25, 0.3) is 21.9 Å². The molecule has 4 aromatic rings. The van der Waals surface area contributed by atoms with E-state index in [1.54, 1.807) is 0 Å². The van der Waals surface area contributed by atoms with Gasteiger partial charge >= 0.3 is 0 Å². The standard InChI is InChI=1S/C19H15N3O/c1-21-12-22(19-16(21)6-4-10-20-19)13-8-9-15-14-5-2-3-7-17(14)23-18(15)11-13/h2-11H,12H2,1H3. The molecule has 112 valence electrons. The number of benzene rings is 2. The quantitative estimate of drug-likeness (QED) is 0.517. The Hall–Kier alpha value is -3.01. The van der Waals surface area contributed by atoms with Gasteiger partial charge in [-0.3, -0.25) is 0 Å². The first kappa shape index (κ1) is 12.5. The first-order valence-corrected chi connectivity index (χ1v) is 7.66. The first-order valence-electron chi connectivity index (χ1n) is 7.66. The van der Waals surface area contributed by atoms with Crippen molar-refractivity contribution in [1.82, 2.24) is 4.98 Å². The Morgan fingerprint density at radius 1 is 0.957 bits per heavy atom. The fourth-order valence-electron chi connectivity index (χ4n) is 3.34. The highest BCUT2D eigenvalue weighted by Crippen LogP contribution is 2.39. The molecule has 1 aliphatic heterocycles. The van der Waals surface area contributed by atoms with Crippen LogP contribution in [0.5, 0.6) is 0 Å². The second-order valence-corrected chi connectivity index (χ2v) is 5.89. The Bertz CT molecular complexity index is 1040. The van der Waals surface area contributed by atoms with Crippen LogP contribution in [0.2, 0.25) is 0 Å². The maximum absolute atomic E-state index is 6.01. The van der Waals surface area contributed by atoms with Gasteiger partial charge in [-0.2, -0.15) is 0 Å². The van der Waals surface area contributed by atoms with Crippen molar-refractivity contribution in [3.8, 4) is 0 Å². The summed E-state index contributed by atoms with van der Waals surface area (Å²) in [5.74, 6) is 0.991. The average Bonchev–Trinajstić information content (AvgIpc) is 3.13. The SMILES string of the molecule is CN1CN(c2ccc3c(c2)oc2ccccc23)c2ncccc21. The second kappa shape index (κ2) is 4.49. The minimum atomic E-state index is 0.790. The minimum absolute atomic E-state index is 0.790. The summed E-state index contributed by atoms with van der Waals surface area (Å²) in [5, 5.41) is 2.31. The number of rotatable bonds is 1. The monoisotopic (exact) mass is 301 g/mol. The summed E-state index contributed by atoms with van der Waals surface area (Å²) in [7, 11) is 2.08. The molecule has 0 radical (unpaired) electrons. The van der Waals surface area contributed by atoms with Gasteiger partial charge < -0.3 is 14.2 Å². The normalized spacial score (nSPS) is 14.0. The van der Waals surface area contributed by atoms with Crippen LogP contribution < -0.4 is 9.80 Å². The van der Waals surface area contributed by atoms with E-state index in [1.807, 2.05) is 30.5 Å². The molecule has 0 saturated carbocycles. The first-order chi connectivity index (χ1) is 11.3. The third-order valence-corrected chi connectivity index (χ3v) is 4.46. The van der Waals surface area contributed by atoms with Gasteiger partial charge in [-0.15, -0.1) is 0 Å². The number of pyridine rings is 1. The van der Waals surface area contributed by atoms with Crippen LogP contribution in [0.1, 0.15) is 0 Å². The summed E-state index contributed by atoms with van der Waals surface area (Å²) < 4.78 is 6.01. The molecule has 4 nitrogen and oxygen atoms in total. The zero-order valence-electron chi connectivity index (χ0n) is 12.7. The van der Waals surface area contributed by atoms with E-state index in [0.717, 1.165) is 45.8 Å². The molecular weight excluding hydrogens is 286 g/mol. The number of aromatic nitrogens is 1. The van der Waals surface area contributed by atoms with Gasteiger partial charge in [0.1, 0.15) is 11.2 Å². The summed E-state index contributed by atoms with van der Waals surface area (Å²) in [6.07, 6.45) is 1.84. The van der Waals surface area contributed by atoms with Gasteiger partial charge in [-0.25, -0.2) is 4.98 Å². The Labute approximate surface area is 133 Å². The van der Waals surface area contributed by atoms with Gasteiger partial charge in [0.25, 0.3) is 0 Å². The predicted molar refractivity (Wildman–Crippen MR) is 93.4 cm³/mol. The van der Waals surface area contributed by atoms with Crippen molar-refractivity contribution in [1.29, 1.82) is 0 Å². The topological polar surface area (TPSA) is 32.5 Å². The molecule has 0 saturated heterocycles. The van der Waals surface area contributed by atoms with E-state index >= 15 is 0 Å². The van der Waals surface area contributed by atoms with E-state index in [9.17, 15) is 0 Å². The minimum Gasteiger partial charge on any atom is -0.456 e. The fourth-order valence-corrected chi connectivity index (χ4v) is 3.34. The summed E-state index contributed by atoms with van der Waals surface area (Å²) in [6, 6.07) is 18.6. The Balaban J connectivity index is 1.68. The Morgan fingerprint density at radius 3 is 2.78 bits per heavy atom. The number of para-hydroxylation sites is 1. The van der Waals surface area contributed by atoms with Crippen LogP contribution in [-0.4, -0.2) is 18.7 Å². The van der Waals surface area contributed by atoms with Crippen LogP contribution in [0.4, 0.5) is 17.2 Å². The van der Waals surface area contributed by atoms with Gasteiger partial charge in [0.2, 0.25) is 0 Å². The Morgan fingerprint density at radius 2 is 1.83 bits per heavy atom. The van der Waals surface area contributed by atoms with Crippen LogP contribution in [-0.2, 0) is 0 Å². The van der Waals surface area contributed by atoms with E-state index in [-0.39, 0.29) is 0 Å². The van der Waals surface area contributed by atoms with Crippen molar-refractivity contribution in [3.05, 3.63) is 60.8 Å². The maximum atomic E-state index is 6.01. The number of furan rings is 1. The Kier molecular flexibility index (Phi) is 2.45. The van der Waals surface area contributed by atoms with Crippen molar-refractivity contribution in [2.24, 2.45) is 0 Å². The van der Waals surface area contributed by atoms with E-state index in [4.69, 9.17) is 4.42 Å². The summed E-state index contributed by atoms with van der Waals surface area (Å²) in [6.45, 7) is 0.790. The van der Waals surface area contributed by atoms with Crippen molar-refractivity contribution >= 4 is 39.1 Å². The lowest BCUT2D eigenvalue weighted by Crippen LogP contribution is -2.24. The highest BCUT2D eigenvalue weighted by atomic mass is 16.3. The molecule has 0 aliphatic carbocycles. The summed E-state index contributed by atoms with van der Waals surface area (Å²) >= 11 is 0. The smallest absolute Gasteiger partial charge is 0.158 e. The molecule has 5 rings (SSSR count). The fraction of sp³-hybridized carbons (Fsp3) is 0.105. The van der Waals surface area contributed by atoms with Crippen molar-refractivity contribution in [2.75, 3.05) is 23.5 Å². The van der Waals surface area contributed by atoms with Crippen LogP contribution >= 0.6 is 0 Å². The molecular formula is C19H15N3O. The third-order valence-electron chi connectivity index (χ3n) is 4.46. The molecule has 4 heteroatoms. The van der Waals surface area contributed by atoms with Gasteiger partial charge in [0, 0.05) is 35.8 Å². The predicted octanol–water partition coefficient (Wildman–Crippen LogP) is 4.53. The summed E-state index contributed by atoms with van der Waals surface area (Å²) in [5.41, 5.74) is 4.09. The molecule has 1 aliphatic rings. The van der Waals surface area contributed by atoms with Crippen molar-refractivity contribution < 1.29 is 4.42 Å². The van der Waals surface area contributed by atoms with E-state index in [2.05, 4.69) is 52.2 Å². The number of hydrogen-bond donors (Lipinski definition) is 0. The van der Waals surface area contributed by atoms with Gasteiger partial charge in [0.05, 0.1) is 12.4 Å². The molecule has 3 heterocycles. The zero-order valence-corrected chi connectivity index (χ0v) is 12.7. The van der Waals surface area contributed by atoms with Crippen molar-refractivity contribution in [2.45, 2.75) is 0 Å². The average molecular weight is 301 g/mol. The number of fused-ring (bicyclic) bond motifs is 4. The number of anilines is 3. The molecule has 0 spiro atoms. The third kappa shape index (κ3) is 1.75. The van der Waals surface area contributed by atoms with Gasteiger partial charge in [0.15, 0.2) is 5.82 Å². The largest absolute Gasteiger partial charge is 0.456 e. The molecule has 0 bridgehead atoms. The zero-order chi connectivity index (χ0) is 15.4. The molecule has 23 heavy (non-hydrogen) atoms. The van der Waals surface area contributed by atoms with Gasteiger partial charge in [-0.05, 0) is 30.3 Å². The van der Waals surface area contributed by atoms with Crippen LogP contribution in [0.15, 0.2) is 65.2 Å². The molecule has 0 amide bonds. The van der Waals surface area contributed by atoms with E-state index in [0.29, 0.717) is 0 Å². The molecule has 2 aromatic heterocycles. The lowest BCUT2D eigenvalue weighted by atomic mass is 10.1.